The summed E-state index contributed by atoms with van der Waals surface area (Å²) in [7, 11) is 0. The molecular weight excluding hydrogens is 350 g/mol. The number of rotatable bonds is 4. The van der Waals surface area contributed by atoms with E-state index in [2.05, 4.69) is 52.3 Å². The lowest BCUT2D eigenvalue weighted by Crippen LogP contribution is -2.38. The third-order valence-corrected chi connectivity index (χ3v) is 6.37. The van der Waals surface area contributed by atoms with Gasteiger partial charge in [-0.3, -0.25) is 15.3 Å². The number of nitrogens with zero attached hydrogens (tertiary/aromatic N) is 4. The van der Waals surface area contributed by atoms with Gasteiger partial charge in [0.05, 0.1) is 18.4 Å². The van der Waals surface area contributed by atoms with E-state index in [1.165, 1.54) is 5.56 Å². The highest BCUT2D eigenvalue weighted by Gasteiger charge is 2.35. The van der Waals surface area contributed by atoms with Crippen molar-refractivity contribution in [3.63, 3.8) is 0 Å². The number of ether oxygens (including phenoxy) is 1. The van der Waals surface area contributed by atoms with Crippen LogP contribution in [0.3, 0.4) is 0 Å². The average molecular weight is 380 g/mol. The molecule has 2 atom stereocenters. The predicted octanol–water partition coefficient (Wildman–Crippen LogP) is 3.00. The molecule has 0 spiro atoms. The van der Waals surface area contributed by atoms with Crippen molar-refractivity contribution in [2.24, 2.45) is 16.8 Å². The molecule has 5 rings (SSSR count). The van der Waals surface area contributed by atoms with Crippen molar-refractivity contribution in [1.29, 1.82) is 0 Å². The number of amidine groups is 1. The normalized spacial score (nSPS) is 26.0. The van der Waals surface area contributed by atoms with Crippen LogP contribution in [0.4, 0.5) is 0 Å². The molecule has 0 aliphatic carbocycles. The van der Waals surface area contributed by atoms with Gasteiger partial charge >= 0.3 is 0 Å². The lowest BCUT2D eigenvalue weighted by molar-refractivity contribution is 0.0831. The van der Waals surface area contributed by atoms with E-state index < -0.39 is 0 Å². The largest absolute Gasteiger partial charge is 0.381 e. The van der Waals surface area contributed by atoms with Gasteiger partial charge < -0.3 is 4.74 Å². The number of aliphatic imine (C=N–C) groups is 1. The molecule has 28 heavy (non-hydrogen) atoms. The lowest BCUT2D eigenvalue weighted by atomic mass is 9.96. The molecule has 3 aliphatic rings. The summed E-state index contributed by atoms with van der Waals surface area (Å²) in [5.74, 6) is 3.79. The molecule has 6 nitrogen and oxygen atoms in total. The summed E-state index contributed by atoms with van der Waals surface area (Å²) in [6, 6.07) is 10.8. The summed E-state index contributed by atoms with van der Waals surface area (Å²) >= 11 is 0. The Morgan fingerprint density at radius 1 is 1.14 bits per heavy atom. The van der Waals surface area contributed by atoms with Crippen molar-refractivity contribution < 1.29 is 4.74 Å². The van der Waals surface area contributed by atoms with Crippen molar-refractivity contribution >= 4 is 5.84 Å². The molecule has 1 N–H and O–H groups in total. The first kappa shape index (κ1) is 17.9. The zero-order valence-corrected chi connectivity index (χ0v) is 16.6. The first-order chi connectivity index (χ1) is 13.8. The van der Waals surface area contributed by atoms with Crippen molar-refractivity contribution in [2.75, 3.05) is 31.7 Å². The summed E-state index contributed by atoms with van der Waals surface area (Å²) < 4.78 is 7.75. The topological polar surface area (TPSA) is 54.7 Å². The molecule has 2 unspecified atom stereocenters. The number of hydrogen-bond donors (Lipinski definition) is 1. The molecule has 0 amide bonds. The second-order valence-electron chi connectivity index (χ2n) is 8.41. The van der Waals surface area contributed by atoms with Crippen LogP contribution in [0.5, 0.6) is 0 Å². The van der Waals surface area contributed by atoms with Crippen LogP contribution >= 0.6 is 0 Å². The minimum atomic E-state index is 0.446. The van der Waals surface area contributed by atoms with E-state index in [9.17, 15) is 0 Å². The molecule has 0 radical (unpaired) electrons. The second kappa shape index (κ2) is 7.68. The Morgan fingerprint density at radius 3 is 2.79 bits per heavy atom. The van der Waals surface area contributed by atoms with Crippen LogP contribution in [-0.2, 0) is 17.8 Å². The van der Waals surface area contributed by atoms with Crippen molar-refractivity contribution in [2.45, 2.75) is 38.8 Å². The molecule has 2 aromatic rings. The van der Waals surface area contributed by atoms with Gasteiger partial charge in [-0.1, -0.05) is 37.3 Å². The minimum absolute atomic E-state index is 0.446. The Morgan fingerprint density at radius 2 is 1.96 bits per heavy atom. The fourth-order valence-electron chi connectivity index (χ4n) is 4.80. The van der Waals surface area contributed by atoms with Gasteiger partial charge in [-0.05, 0) is 24.3 Å². The molecule has 0 bridgehead atoms. The van der Waals surface area contributed by atoms with Crippen LogP contribution in [-0.4, -0.2) is 46.7 Å². The Labute approximate surface area is 166 Å². The van der Waals surface area contributed by atoms with Gasteiger partial charge in [0, 0.05) is 44.7 Å². The third kappa shape index (κ3) is 3.47. The molecule has 0 saturated carbocycles. The van der Waals surface area contributed by atoms with Crippen molar-refractivity contribution in [3.05, 3.63) is 53.6 Å². The molecule has 2 fully saturated rings. The molecule has 148 valence electrons. The lowest BCUT2D eigenvalue weighted by Gasteiger charge is -2.28. The number of nitrogens with one attached hydrogen (secondary N) is 1. The first-order valence-corrected chi connectivity index (χ1v) is 10.5. The minimum Gasteiger partial charge on any atom is -0.381 e. The van der Waals surface area contributed by atoms with Gasteiger partial charge in [0.15, 0.2) is 0 Å². The Bertz CT molecular complexity index is 840. The first-order valence-electron chi connectivity index (χ1n) is 10.5. The molecule has 3 aliphatic heterocycles. The summed E-state index contributed by atoms with van der Waals surface area (Å²) in [5, 5.41) is 0. The highest BCUT2D eigenvalue weighted by Crippen LogP contribution is 2.30. The summed E-state index contributed by atoms with van der Waals surface area (Å²) in [6.45, 7) is 7.92. The number of aromatic nitrogens is 2. The standard InChI is InChI=1S/C22H29N5O/c1-16-13-26(14-17-5-3-2-4-6-17)15-20(16)21-23-11-19-12-24-22(27(19)25-21)18-7-9-28-10-8-18/h2-6,12,16,18,20H,7-11,13-15H2,1H3,(H,23,25). The van der Waals surface area contributed by atoms with Gasteiger partial charge in [0.2, 0.25) is 0 Å². The summed E-state index contributed by atoms with van der Waals surface area (Å²) in [6.07, 6.45) is 4.09. The maximum Gasteiger partial charge on any atom is 0.131 e. The molecule has 1 aromatic heterocycles. The number of fused-ring (bicyclic) bond motifs is 1. The number of imidazole rings is 1. The molecule has 2 saturated heterocycles. The number of likely N-dealkylation sites (tertiary alicyclic amines) is 1. The zero-order chi connectivity index (χ0) is 18.9. The van der Waals surface area contributed by atoms with E-state index in [0.717, 1.165) is 69.6 Å². The second-order valence-corrected chi connectivity index (χ2v) is 8.41. The van der Waals surface area contributed by atoms with E-state index in [1.54, 1.807) is 0 Å². The van der Waals surface area contributed by atoms with E-state index in [4.69, 9.17) is 14.7 Å². The van der Waals surface area contributed by atoms with E-state index in [0.29, 0.717) is 17.8 Å². The number of hydrogen-bond acceptors (Lipinski definition) is 5. The van der Waals surface area contributed by atoms with Crippen LogP contribution < -0.4 is 5.43 Å². The van der Waals surface area contributed by atoms with Crippen LogP contribution in [0.15, 0.2) is 41.5 Å². The molecule has 4 heterocycles. The molecular formula is C22H29N5O. The molecule has 6 heteroatoms. The zero-order valence-electron chi connectivity index (χ0n) is 16.6. The SMILES string of the molecule is CC1CN(Cc2ccccc2)CC1C1=NCc2cnc(C3CCOCC3)n2N1. The monoisotopic (exact) mass is 379 g/mol. The average Bonchev–Trinajstić information content (AvgIpc) is 3.32. The third-order valence-electron chi connectivity index (χ3n) is 6.37. The van der Waals surface area contributed by atoms with E-state index in [-0.39, 0.29) is 0 Å². The van der Waals surface area contributed by atoms with Crippen LogP contribution in [0.25, 0.3) is 0 Å². The maximum absolute atomic E-state index is 5.53. The fourth-order valence-corrected chi connectivity index (χ4v) is 4.80. The predicted molar refractivity (Wildman–Crippen MR) is 110 cm³/mol. The smallest absolute Gasteiger partial charge is 0.131 e. The summed E-state index contributed by atoms with van der Waals surface area (Å²) in [4.78, 5) is 12.2. The van der Waals surface area contributed by atoms with Gasteiger partial charge in [0.25, 0.3) is 0 Å². The van der Waals surface area contributed by atoms with Gasteiger partial charge in [-0.25, -0.2) is 9.66 Å². The van der Waals surface area contributed by atoms with Crippen molar-refractivity contribution in [3.8, 4) is 0 Å². The van der Waals surface area contributed by atoms with Crippen molar-refractivity contribution in [1.82, 2.24) is 14.6 Å². The number of benzene rings is 1. The quantitative estimate of drug-likeness (QED) is 0.887. The summed E-state index contributed by atoms with van der Waals surface area (Å²) in [5.41, 5.74) is 6.18. The van der Waals surface area contributed by atoms with Crippen LogP contribution in [0.2, 0.25) is 0 Å². The van der Waals surface area contributed by atoms with Gasteiger partial charge in [-0.2, -0.15) is 0 Å². The van der Waals surface area contributed by atoms with E-state index >= 15 is 0 Å². The fraction of sp³-hybridized carbons (Fsp3) is 0.545. The van der Waals surface area contributed by atoms with Gasteiger partial charge in [0.1, 0.15) is 11.7 Å². The maximum atomic E-state index is 5.53. The van der Waals surface area contributed by atoms with Crippen LogP contribution in [0.1, 0.15) is 42.8 Å². The highest BCUT2D eigenvalue weighted by molar-refractivity contribution is 5.93. The molecule has 1 aromatic carbocycles. The highest BCUT2D eigenvalue weighted by atomic mass is 16.5. The van der Waals surface area contributed by atoms with E-state index in [1.807, 2.05) is 6.20 Å². The van der Waals surface area contributed by atoms with Crippen LogP contribution in [0, 0.1) is 11.8 Å². The Hall–Kier alpha value is -2.18. The Kier molecular flexibility index (Phi) is 4.91. The van der Waals surface area contributed by atoms with Gasteiger partial charge in [-0.15, -0.1) is 0 Å². The Balaban J connectivity index is 1.29.